The number of likely N-dealkylation sites (N-methyl/N-ethyl adjacent to an activating group) is 1. The Labute approximate surface area is 54.4 Å². The summed E-state index contributed by atoms with van der Waals surface area (Å²) in [6.45, 7) is 3.68. The van der Waals surface area contributed by atoms with Crippen molar-refractivity contribution in [3.8, 4) is 0 Å². The largest absolute Gasteiger partial charge is 0.351 e. The lowest BCUT2D eigenvalue weighted by Gasteiger charge is -2.14. The molecule has 50 valence electrons. The molecule has 0 saturated heterocycles. The van der Waals surface area contributed by atoms with Gasteiger partial charge in [0.1, 0.15) is 11.9 Å². The Kier molecular flexibility index (Phi) is 1.27. The zero-order chi connectivity index (χ0) is 7.02. The van der Waals surface area contributed by atoms with Gasteiger partial charge < -0.3 is 4.90 Å². The molecule has 0 aliphatic carbocycles. The van der Waals surface area contributed by atoms with E-state index in [9.17, 15) is 4.79 Å². The van der Waals surface area contributed by atoms with Crippen LogP contribution in [0.15, 0.2) is 4.99 Å². The highest BCUT2D eigenvalue weighted by Crippen LogP contribution is 2.07. The molecule has 0 N–H and O–H groups in total. The molecule has 0 aromatic rings. The van der Waals surface area contributed by atoms with Crippen LogP contribution in [-0.4, -0.2) is 29.7 Å². The highest BCUT2D eigenvalue weighted by atomic mass is 16.2. The summed E-state index contributed by atoms with van der Waals surface area (Å²) in [4.78, 5) is 16.4. The van der Waals surface area contributed by atoms with Gasteiger partial charge in [-0.3, -0.25) is 4.79 Å². The van der Waals surface area contributed by atoms with E-state index in [0.717, 1.165) is 5.84 Å². The quantitative estimate of drug-likeness (QED) is 0.466. The molecule has 0 aromatic carbocycles. The Balaban J connectivity index is 2.82. The molecule has 1 unspecified atom stereocenters. The van der Waals surface area contributed by atoms with Gasteiger partial charge in [-0.2, -0.15) is 4.99 Å². The van der Waals surface area contributed by atoms with Crippen molar-refractivity contribution >= 4 is 11.7 Å². The van der Waals surface area contributed by atoms with Crippen molar-refractivity contribution in [3.63, 3.8) is 0 Å². The molecular weight excluding hydrogens is 116 g/mol. The van der Waals surface area contributed by atoms with Gasteiger partial charge in [-0.1, -0.05) is 0 Å². The summed E-state index contributed by atoms with van der Waals surface area (Å²) in [5.41, 5.74) is 0. The van der Waals surface area contributed by atoms with Crippen LogP contribution in [0.5, 0.6) is 0 Å². The first-order chi connectivity index (χ1) is 4.13. The van der Waals surface area contributed by atoms with Crippen LogP contribution >= 0.6 is 0 Å². The number of carbonyl (C=O) groups excluding carboxylic acids is 1. The van der Waals surface area contributed by atoms with Crippen LogP contribution in [0.2, 0.25) is 0 Å². The molecule has 0 saturated carbocycles. The summed E-state index contributed by atoms with van der Waals surface area (Å²) in [5.74, 6) is 0.780. The average molecular weight is 126 g/mol. The van der Waals surface area contributed by atoms with Gasteiger partial charge in [-0.05, 0) is 13.8 Å². The van der Waals surface area contributed by atoms with E-state index in [-0.39, 0.29) is 11.9 Å². The SMILES string of the molecule is CC1=NC(=O)C(C)N1C. The van der Waals surface area contributed by atoms with E-state index < -0.39 is 0 Å². The molecule has 0 radical (unpaired) electrons. The van der Waals surface area contributed by atoms with Crippen LogP contribution in [0.4, 0.5) is 0 Å². The molecule has 1 aliphatic rings. The van der Waals surface area contributed by atoms with E-state index in [4.69, 9.17) is 0 Å². The van der Waals surface area contributed by atoms with Crippen LogP contribution < -0.4 is 0 Å². The molecule has 3 heteroatoms. The van der Waals surface area contributed by atoms with Gasteiger partial charge in [0, 0.05) is 7.05 Å². The summed E-state index contributed by atoms with van der Waals surface area (Å²) < 4.78 is 0. The van der Waals surface area contributed by atoms with Crippen LogP contribution in [0.25, 0.3) is 0 Å². The molecule has 0 bridgehead atoms. The third-order valence-corrected chi connectivity index (χ3v) is 1.72. The molecule has 1 aliphatic heterocycles. The number of amidine groups is 1. The topological polar surface area (TPSA) is 32.7 Å². The van der Waals surface area contributed by atoms with Gasteiger partial charge in [0.05, 0.1) is 0 Å². The number of aliphatic imine (C=N–C) groups is 1. The summed E-state index contributed by atoms with van der Waals surface area (Å²) in [5, 5.41) is 0. The van der Waals surface area contributed by atoms with E-state index >= 15 is 0 Å². The fourth-order valence-corrected chi connectivity index (χ4v) is 0.778. The second-order valence-electron chi connectivity index (χ2n) is 2.28. The second kappa shape index (κ2) is 1.83. The van der Waals surface area contributed by atoms with E-state index in [1.165, 1.54) is 0 Å². The van der Waals surface area contributed by atoms with E-state index in [1.807, 2.05) is 25.8 Å². The monoisotopic (exact) mass is 126 g/mol. The Bertz CT molecular complexity index is 174. The van der Waals surface area contributed by atoms with Crippen molar-refractivity contribution in [2.24, 2.45) is 4.99 Å². The van der Waals surface area contributed by atoms with Crippen LogP contribution in [-0.2, 0) is 4.79 Å². The minimum Gasteiger partial charge on any atom is -0.351 e. The number of carbonyl (C=O) groups is 1. The van der Waals surface area contributed by atoms with Gasteiger partial charge in [0.2, 0.25) is 0 Å². The van der Waals surface area contributed by atoms with Gasteiger partial charge in [-0.15, -0.1) is 0 Å². The minimum absolute atomic E-state index is 0.0324. The molecule has 1 rings (SSSR count). The van der Waals surface area contributed by atoms with Crippen molar-refractivity contribution in [2.45, 2.75) is 19.9 Å². The van der Waals surface area contributed by atoms with Crippen LogP contribution in [0, 0.1) is 0 Å². The molecule has 1 amide bonds. The first-order valence-corrected chi connectivity index (χ1v) is 2.95. The fourth-order valence-electron chi connectivity index (χ4n) is 0.778. The van der Waals surface area contributed by atoms with Crippen molar-refractivity contribution in [3.05, 3.63) is 0 Å². The molecule has 9 heavy (non-hydrogen) atoms. The Hall–Kier alpha value is -0.860. The third-order valence-electron chi connectivity index (χ3n) is 1.72. The lowest BCUT2D eigenvalue weighted by Crippen LogP contribution is -2.30. The van der Waals surface area contributed by atoms with Crippen molar-refractivity contribution in [1.82, 2.24) is 4.90 Å². The van der Waals surface area contributed by atoms with Gasteiger partial charge in [0.15, 0.2) is 0 Å². The maximum atomic E-state index is 10.8. The van der Waals surface area contributed by atoms with Crippen molar-refractivity contribution in [2.75, 3.05) is 7.05 Å². The highest BCUT2D eigenvalue weighted by Gasteiger charge is 2.24. The first kappa shape index (κ1) is 6.26. The standard InChI is InChI=1S/C6H10N2O/c1-4-6(9)7-5(2)8(4)3/h4H,1-3H3. The molecule has 0 spiro atoms. The molecule has 1 heterocycles. The number of nitrogens with zero attached hydrogens (tertiary/aromatic N) is 2. The Morgan fingerprint density at radius 2 is 2.22 bits per heavy atom. The zero-order valence-corrected chi connectivity index (χ0v) is 5.88. The van der Waals surface area contributed by atoms with Crippen LogP contribution in [0.1, 0.15) is 13.8 Å². The number of hydrogen-bond donors (Lipinski definition) is 0. The molecule has 0 fully saturated rings. The summed E-state index contributed by atoms with van der Waals surface area (Å²) in [6, 6.07) is -0.0509. The van der Waals surface area contributed by atoms with Gasteiger partial charge in [0.25, 0.3) is 5.91 Å². The number of rotatable bonds is 0. The van der Waals surface area contributed by atoms with E-state index in [0.29, 0.717) is 0 Å². The minimum atomic E-state index is -0.0509. The smallest absolute Gasteiger partial charge is 0.269 e. The highest BCUT2D eigenvalue weighted by molar-refractivity contribution is 6.02. The van der Waals surface area contributed by atoms with E-state index in [2.05, 4.69) is 4.99 Å². The van der Waals surface area contributed by atoms with Crippen LogP contribution in [0.3, 0.4) is 0 Å². The lowest BCUT2D eigenvalue weighted by molar-refractivity contribution is -0.119. The predicted molar refractivity (Wildman–Crippen MR) is 35.3 cm³/mol. The Morgan fingerprint density at radius 3 is 2.33 bits per heavy atom. The van der Waals surface area contributed by atoms with E-state index in [1.54, 1.807) is 0 Å². The number of hydrogen-bond acceptors (Lipinski definition) is 2. The molecular formula is C6H10N2O. The maximum absolute atomic E-state index is 10.8. The fraction of sp³-hybridized carbons (Fsp3) is 0.667. The summed E-state index contributed by atoms with van der Waals surface area (Å²) in [6.07, 6.45) is 0. The molecule has 1 atom stereocenters. The predicted octanol–water partition coefficient (Wildman–Crippen LogP) is 0.265. The van der Waals surface area contributed by atoms with Crippen molar-refractivity contribution in [1.29, 1.82) is 0 Å². The second-order valence-corrected chi connectivity index (χ2v) is 2.28. The molecule has 3 nitrogen and oxygen atoms in total. The number of amides is 1. The first-order valence-electron chi connectivity index (χ1n) is 2.95. The lowest BCUT2D eigenvalue weighted by atomic mass is 10.3. The van der Waals surface area contributed by atoms with Crippen molar-refractivity contribution < 1.29 is 4.79 Å². The average Bonchev–Trinajstić information content (AvgIpc) is 1.98. The molecule has 0 aromatic heterocycles. The third kappa shape index (κ3) is 0.823. The van der Waals surface area contributed by atoms with Gasteiger partial charge in [-0.25, -0.2) is 0 Å². The zero-order valence-electron chi connectivity index (χ0n) is 5.88. The Morgan fingerprint density at radius 1 is 1.67 bits per heavy atom. The normalized spacial score (nSPS) is 27.0. The maximum Gasteiger partial charge on any atom is 0.269 e. The van der Waals surface area contributed by atoms with Gasteiger partial charge >= 0.3 is 0 Å². The summed E-state index contributed by atoms with van der Waals surface area (Å²) in [7, 11) is 1.87. The summed E-state index contributed by atoms with van der Waals surface area (Å²) >= 11 is 0.